The molecule has 1 aromatic rings. The van der Waals surface area contributed by atoms with Crippen molar-refractivity contribution >= 4 is 18.1 Å². The monoisotopic (exact) mass is 310 g/mol. The summed E-state index contributed by atoms with van der Waals surface area (Å²) in [5.74, 6) is -0.197. The number of hydrogen-bond donors (Lipinski definition) is 2. The van der Waals surface area contributed by atoms with Crippen molar-refractivity contribution in [1.82, 2.24) is 5.32 Å². The molecular formula is C13H18ClF3N2O. The highest BCUT2D eigenvalue weighted by molar-refractivity contribution is 5.85. The second-order valence-electron chi connectivity index (χ2n) is 4.79. The zero-order valence-corrected chi connectivity index (χ0v) is 11.9. The van der Waals surface area contributed by atoms with Crippen molar-refractivity contribution in [2.45, 2.75) is 38.2 Å². The van der Waals surface area contributed by atoms with Crippen LogP contribution in [0, 0.1) is 0 Å². The van der Waals surface area contributed by atoms with E-state index in [1.54, 1.807) is 12.1 Å². The second-order valence-corrected chi connectivity index (χ2v) is 4.79. The van der Waals surface area contributed by atoms with Crippen LogP contribution in [-0.2, 0) is 0 Å². The zero-order valence-electron chi connectivity index (χ0n) is 11.0. The number of anilines is 1. The molecule has 114 valence electrons. The fraction of sp³-hybridized carbons (Fsp3) is 0.538. The summed E-state index contributed by atoms with van der Waals surface area (Å²) in [4.78, 5) is 0. The van der Waals surface area contributed by atoms with Crippen LogP contribution in [0.1, 0.15) is 19.8 Å². The van der Waals surface area contributed by atoms with Crippen molar-refractivity contribution < 1.29 is 17.9 Å². The van der Waals surface area contributed by atoms with Crippen LogP contribution in [-0.4, -0.2) is 25.0 Å². The lowest BCUT2D eigenvalue weighted by Gasteiger charge is -2.29. The third kappa shape index (κ3) is 5.46. The molecule has 7 heteroatoms. The Labute approximate surface area is 122 Å². The maximum Gasteiger partial charge on any atom is 0.573 e. The third-order valence-electron chi connectivity index (χ3n) is 3.08. The maximum absolute atomic E-state index is 12.0. The van der Waals surface area contributed by atoms with Crippen molar-refractivity contribution in [2.24, 2.45) is 0 Å². The van der Waals surface area contributed by atoms with Crippen molar-refractivity contribution in [3.05, 3.63) is 24.3 Å². The molecule has 0 radical (unpaired) electrons. The smallest absolute Gasteiger partial charge is 0.406 e. The number of halogens is 4. The van der Waals surface area contributed by atoms with Gasteiger partial charge in [-0.3, -0.25) is 0 Å². The zero-order chi connectivity index (χ0) is 13.9. The van der Waals surface area contributed by atoms with E-state index in [1.807, 2.05) is 0 Å². The first kappa shape index (κ1) is 16.9. The molecule has 3 nitrogen and oxygen atoms in total. The Kier molecular flexibility index (Phi) is 5.95. The van der Waals surface area contributed by atoms with Gasteiger partial charge in [0, 0.05) is 17.8 Å². The average Bonchev–Trinajstić information content (AvgIpc) is 2.30. The summed E-state index contributed by atoms with van der Waals surface area (Å²) < 4.78 is 39.9. The minimum Gasteiger partial charge on any atom is -0.406 e. The molecule has 1 aliphatic heterocycles. The molecule has 2 unspecified atom stereocenters. The molecule has 2 atom stereocenters. The summed E-state index contributed by atoms with van der Waals surface area (Å²) in [6.07, 6.45) is -2.63. The van der Waals surface area contributed by atoms with Gasteiger partial charge in [-0.15, -0.1) is 25.6 Å². The molecule has 1 aliphatic rings. The van der Waals surface area contributed by atoms with Gasteiger partial charge in [0.1, 0.15) is 5.75 Å². The van der Waals surface area contributed by atoms with Crippen molar-refractivity contribution in [3.8, 4) is 5.75 Å². The molecule has 0 aromatic heterocycles. The molecule has 1 aromatic carbocycles. The molecule has 0 amide bonds. The SMILES string of the molecule is CC1CC(Nc2ccc(OC(F)(F)F)cc2)CCN1.Cl. The summed E-state index contributed by atoms with van der Waals surface area (Å²) in [6.45, 7) is 3.07. The van der Waals surface area contributed by atoms with Crippen LogP contribution in [0.4, 0.5) is 18.9 Å². The Bertz CT molecular complexity index is 411. The fourth-order valence-corrected chi connectivity index (χ4v) is 2.25. The summed E-state index contributed by atoms with van der Waals surface area (Å²) in [5, 5.41) is 6.67. The molecule has 0 bridgehead atoms. The number of hydrogen-bond acceptors (Lipinski definition) is 3. The van der Waals surface area contributed by atoms with Crippen LogP contribution in [0.2, 0.25) is 0 Å². The van der Waals surface area contributed by atoms with E-state index in [-0.39, 0.29) is 18.2 Å². The molecule has 1 saturated heterocycles. The van der Waals surface area contributed by atoms with Gasteiger partial charge >= 0.3 is 6.36 Å². The van der Waals surface area contributed by atoms with Crippen LogP contribution in [0.3, 0.4) is 0 Å². The summed E-state index contributed by atoms with van der Waals surface area (Å²) in [5.41, 5.74) is 0.814. The standard InChI is InChI=1S/C13H17F3N2O.ClH/c1-9-8-11(6-7-17-9)18-10-2-4-12(5-3-10)19-13(14,15)16;/h2-5,9,11,17-18H,6-8H2,1H3;1H. The van der Waals surface area contributed by atoms with Gasteiger partial charge in [-0.25, -0.2) is 0 Å². The first-order valence-corrected chi connectivity index (χ1v) is 6.28. The van der Waals surface area contributed by atoms with Crippen LogP contribution >= 0.6 is 12.4 Å². The van der Waals surface area contributed by atoms with Gasteiger partial charge in [0.15, 0.2) is 0 Å². The minimum absolute atomic E-state index is 0. The van der Waals surface area contributed by atoms with Crippen LogP contribution in [0.15, 0.2) is 24.3 Å². The number of piperidine rings is 1. The Morgan fingerprint density at radius 2 is 1.90 bits per heavy atom. The highest BCUT2D eigenvalue weighted by Crippen LogP contribution is 2.24. The topological polar surface area (TPSA) is 33.3 Å². The van der Waals surface area contributed by atoms with Gasteiger partial charge < -0.3 is 15.4 Å². The predicted molar refractivity (Wildman–Crippen MR) is 74.5 cm³/mol. The lowest BCUT2D eigenvalue weighted by molar-refractivity contribution is -0.274. The van der Waals surface area contributed by atoms with E-state index < -0.39 is 6.36 Å². The van der Waals surface area contributed by atoms with Gasteiger partial charge in [0.2, 0.25) is 0 Å². The van der Waals surface area contributed by atoms with E-state index in [9.17, 15) is 13.2 Å². The Morgan fingerprint density at radius 3 is 2.45 bits per heavy atom. The highest BCUT2D eigenvalue weighted by Gasteiger charge is 2.31. The number of rotatable bonds is 3. The van der Waals surface area contributed by atoms with E-state index in [0.717, 1.165) is 25.1 Å². The molecule has 2 rings (SSSR count). The molecule has 2 N–H and O–H groups in total. The molecule has 0 saturated carbocycles. The van der Waals surface area contributed by atoms with Gasteiger partial charge in [0.25, 0.3) is 0 Å². The van der Waals surface area contributed by atoms with Crippen molar-refractivity contribution in [3.63, 3.8) is 0 Å². The first-order chi connectivity index (χ1) is 8.92. The normalized spacial score (nSPS) is 22.8. The summed E-state index contributed by atoms with van der Waals surface area (Å²) in [6, 6.07) is 6.66. The number of alkyl halides is 3. The maximum atomic E-state index is 12.0. The summed E-state index contributed by atoms with van der Waals surface area (Å²) in [7, 11) is 0. The van der Waals surface area contributed by atoms with E-state index in [4.69, 9.17) is 0 Å². The largest absolute Gasteiger partial charge is 0.573 e. The second kappa shape index (κ2) is 7.04. The Morgan fingerprint density at radius 1 is 1.25 bits per heavy atom. The van der Waals surface area contributed by atoms with Crippen LogP contribution in [0.5, 0.6) is 5.75 Å². The van der Waals surface area contributed by atoms with Gasteiger partial charge in [-0.2, -0.15) is 0 Å². The molecule has 1 fully saturated rings. The third-order valence-corrected chi connectivity index (χ3v) is 3.08. The Balaban J connectivity index is 0.00000200. The average molecular weight is 311 g/mol. The fourth-order valence-electron chi connectivity index (χ4n) is 2.25. The number of ether oxygens (including phenoxy) is 1. The van der Waals surface area contributed by atoms with Gasteiger partial charge in [-0.1, -0.05) is 0 Å². The van der Waals surface area contributed by atoms with E-state index in [2.05, 4.69) is 22.3 Å². The number of nitrogens with one attached hydrogen (secondary N) is 2. The number of benzene rings is 1. The highest BCUT2D eigenvalue weighted by atomic mass is 35.5. The molecule has 1 heterocycles. The van der Waals surface area contributed by atoms with Crippen LogP contribution < -0.4 is 15.4 Å². The molecular weight excluding hydrogens is 293 g/mol. The molecule has 20 heavy (non-hydrogen) atoms. The lowest BCUT2D eigenvalue weighted by Crippen LogP contribution is -2.41. The van der Waals surface area contributed by atoms with Crippen molar-refractivity contribution in [2.75, 3.05) is 11.9 Å². The first-order valence-electron chi connectivity index (χ1n) is 6.28. The van der Waals surface area contributed by atoms with E-state index in [1.165, 1.54) is 12.1 Å². The minimum atomic E-state index is -4.64. The van der Waals surface area contributed by atoms with Crippen LogP contribution in [0.25, 0.3) is 0 Å². The Hall–Kier alpha value is -1.14. The lowest BCUT2D eigenvalue weighted by atomic mass is 10.0. The van der Waals surface area contributed by atoms with E-state index >= 15 is 0 Å². The quantitative estimate of drug-likeness (QED) is 0.895. The van der Waals surface area contributed by atoms with Gasteiger partial charge in [0.05, 0.1) is 0 Å². The van der Waals surface area contributed by atoms with Crippen molar-refractivity contribution in [1.29, 1.82) is 0 Å². The molecule has 0 aliphatic carbocycles. The predicted octanol–water partition coefficient (Wildman–Crippen LogP) is 3.56. The van der Waals surface area contributed by atoms with E-state index in [0.29, 0.717) is 12.1 Å². The summed E-state index contributed by atoms with van der Waals surface area (Å²) >= 11 is 0. The molecule has 0 spiro atoms. The van der Waals surface area contributed by atoms with Gasteiger partial charge in [-0.05, 0) is 50.6 Å².